The standard InChI is InChI=1S/C31H35N9O3/c1-33-18-23(17-32)21-6-10-25-26(16-21)36-28(38-29(25)40-12-14-43-15-13-40)22-7-11-27(34-19-22)37-31(42)35-24-8-4-20(5-9-24)30(41)39(2)3/h4-11,16-17,19,23,32-33H,12-15,18H2,1-3H3,(H2,34,35,37,42). The number of pyridine rings is 1. The first-order valence-electron chi connectivity index (χ1n) is 14.0. The van der Waals surface area contributed by atoms with Gasteiger partial charge in [0.15, 0.2) is 5.82 Å². The fourth-order valence-electron chi connectivity index (χ4n) is 4.83. The summed E-state index contributed by atoms with van der Waals surface area (Å²) in [7, 11) is 5.24. The number of ether oxygens (including phenoxy) is 1. The summed E-state index contributed by atoms with van der Waals surface area (Å²) < 4.78 is 5.56. The van der Waals surface area contributed by atoms with Crippen LogP contribution in [0.15, 0.2) is 60.8 Å². The van der Waals surface area contributed by atoms with E-state index in [1.807, 2.05) is 31.3 Å². The SMILES string of the molecule is CNCC(C=N)c1ccc2c(N3CCOCC3)nc(-c3ccc(NC(=O)Nc4ccc(C(=O)N(C)C)cc4)nc3)nc2c1. The fraction of sp³-hybridized carbons (Fsp3) is 0.290. The molecule has 3 heterocycles. The Labute approximate surface area is 250 Å². The van der Waals surface area contributed by atoms with Crippen LogP contribution in [-0.2, 0) is 4.74 Å². The highest BCUT2D eigenvalue weighted by Gasteiger charge is 2.20. The Morgan fingerprint density at radius 2 is 1.81 bits per heavy atom. The Hall–Kier alpha value is -4.94. The van der Waals surface area contributed by atoms with Gasteiger partial charge in [0.2, 0.25) is 0 Å². The Kier molecular flexibility index (Phi) is 9.18. The second-order valence-electron chi connectivity index (χ2n) is 10.4. The predicted molar refractivity (Wildman–Crippen MR) is 168 cm³/mol. The van der Waals surface area contributed by atoms with E-state index in [0.717, 1.165) is 35.4 Å². The molecule has 12 nitrogen and oxygen atoms in total. The largest absolute Gasteiger partial charge is 0.378 e. The molecule has 0 radical (unpaired) electrons. The zero-order chi connectivity index (χ0) is 30.3. The van der Waals surface area contributed by atoms with Crippen LogP contribution in [0.5, 0.6) is 0 Å². The van der Waals surface area contributed by atoms with Crippen molar-refractivity contribution in [3.05, 3.63) is 71.9 Å². The third kappa shape index (κ3) is 6.93. The maximum atomic E-state index is 12.6. The van der Waals surface area contributed by atoms with Crippen molar-refractivity contribution in [2.24, 2.45) is 0 Å². The van der Waals surface area contributed by atoms with E-state index in [4.69, 9.17) is 20.1 Å². The van der Waals surface area contributed by atoms with Gasteiger partial charge in [0.05, 0.1) is 18.7 Å². The van der Waals surface area contributed by atoms with Crippen LogP contribution in [0.1, 0.15) is 21.8 Å². The molecular formula is C31H35N9O3. The number of urea groups is 1. The number of anilines is 3. The lowest BCUT2D eigenvalue weighted by molar-refractivity contribution is 0.0827. The second-order valence-corrected chi connectivity index (χ2v) is 10.4. The normalized spacial score (nSPS) is 13.8. The van der Waals surface area contributed by atoms with Crippen molar-refractivity contribution in [1.82, 2.24) is 25.2 Å². The molecule has 4 aromatic rings. The molecule has 5 rings (SSSR count). The number of nitrogens with one attached hydrogen (secondary N) is 4. The number of hydrogen-bond acceptors (Lipinski definition) is 9. The van der Waals surface area contributed by atoms with E-state index >= 15 is 0 Å². The van der Waals surface area contributed by atoms with Crippen LogP contribution in [0, 0.1) is 5.41 Å². The third-order valence-corrected chi connectivity index (χ3v) is 7.12. The van der Waals surface area contributed by atoms with E-state index in [1.54, 1.807) is 50.6 Å². The highest BCUT2D eigenvalue weighted by molar-refractivity contribution is 6.00. The van der Waals surface area contributed by atoms with E-state index in [1.165, 1.54) is 11.1 Å². The van der Waals surface area contributed by atoms with Crippen LogP contribution >= 0.6 is 0 Å². The van der Waals surface area contributed by atoms with E-state index in [0.29, 0.717) is 48.2 Å². The van der Waals surface area contributed by atoms with Crippen LogP contribution in [-0.4, -0.2) is 92.0 Å². The van der Waals surface area contributed by atoms with Crippen molar-refractivity contribution in [2.45, 2.75) is 5.92 Å². The summed E-state index contributed by atoms with van der Waals surface area (Å²) in [6, 6.07) is 15.8. The number of carbonyl (C=O) groups is 2. The Bertz CT molecular complexity index is 1600. The number of benzene rings is 2. The molecule has 12 heteroatoms. The lowest BCUT2D eigenvalue weighted by atomic mass is 9.98. The Morgan fingerprint density at radius 3 is 2.47 bits per heavy atom. The van der Waals surface area contributed by atoms with E-state index in [2.05, 4.69) is 25.8 Å². The number of hydrogen-bond donors (Lipinski definition) is 4. The van der Waals surface area contributed by atoms with E-state index in [9.17, 15) is 9.59 Å². The molecule has 1 aliphatic heterocycles. The number of morpholine rings is 1. The van der Waals surface area contributed by atoms with Gasteiger partial charge < -0.3 is 30.6 Å². The molecule has 4 N–H and O–H groups in total. The monoisotopic (exact) mass is 581 g/mol. The van der Waals surface area contributed by atoms with Crippen LogP contribution < -0.4 is 20.9 Å². The molecular weight excluding hydrogens is 546 g/mol. The molecule has 0 saturated carbocycles. The lowest BCUT2D eigenvalue weighted by Gasteiger charge is -2.29. The highest BCUT2D eigenvalue weighted by Crippen LogP contribution is 2.30. The number of amides is 3. The number of rotatable bonds is 9. The van der Waals surface area contributed by atoms with Gasteiger partial charge in [-0.25, -0.2) is 19.7 Å². The van der Waals surface area contributed by atoms with Gasteiger partial charge in [0.25, 0.3) is 5.91 Å². The zero-order valence-corrected chi connectivity index (χ0v) is 24.4. The first kappa shape index (κ1) is 29.5. The molecule has 2 aromatic carbocycles. The van der Waals surface area contributed by atoms with Gasteiger partial charge in [-0.05, 0) is 61.1 Å². The van der Waals surface area contributed by atoms with Crippen molar-refractivity contribution in [3.63, 3.8) is 0 Å². The third-order valence-electron chi connectivity index (χ3n) is 7.12. The van der Waals surface area contributed by atoms with Crippen molar-refractivity contribution in [2.75, 3.05) is 69.5 Å². The summed E-state index contributed by atoms with van der Waals surface area (Å²) in [5.74, 6) is 1.52. The average molecular weight is 582 g/mol. The van der Waals surface area contributed by atoms with Crippen LogP contribution in [0.25, 0.3) is 22.3 Å². The van der Waals surface area contributed by atoms with Crippen LogP contribution in [0.2, 0.25) is 0 Å². The lowest BCUT2D eigenvalue weighted by Crippen LogP contribution is -2.37. The van der Waals surface area contributed by atoms with Crippen molar-refractivity contribution >= 4 is 46.4 Å². The van der Waals surface area contributed by atoms with Crippen molar-refractivity contribution < 1.29 is 14.3 Å². The van der Waals surface area contributed by atoms with E-state index in [-0.39, 0.29) is 11.8 Å². The minimum atomic E-state index is -0.460. The second kappa shape index (κ2) is 13.4. The molecule has 0 aliphatic carbocycles. The van der Waals surface area contributed by atoms with Crippen LogP contribution in [0.3, 0.4) is 0 Å². The molecule has 1 fully saturated rings. The Morgan fingerprint density at radius 1 is 1.05 bits per heavy atom. The van der Waals surface area contributed by atoms with Gasteiger partial charge in [-0.3, -0.25) is 10.1 Å². The highest BCUT2D eigenvalue weighted by atomic mass is 16.5. The van der Waals surface area contributed by atoms with E-state index < -0.39 is 6.03 Å². The van der Waals surface area contributed by atoms with Gasteiger partial charge in [0.1, 0.15) is 11.6 Å². The molecule has 3 amide bonds. The summed E-state index contributed by atoms with van der Waals surface area (Å²) in [6.45, 7) is 3.34. The maximum Gasteiger partial charge on any atom is 0.324 e. The molecule has 43 heavy (non-hydrogen) atoms. The molecule has 1 aliphatic rings. The zero-order valence-electron chi connectivity index (χ0n) is 24.4. The maximum absolute atomic E-state index is 12.6. The summed E-state index contributed by atoms with van der Waals surface area (Å²) in [6.07, 6.45) is 3.07. The minimum absolute atomic E-state index is 0.0729. The summed E-state index contributed by atoms with van der Waals surface area (Å²) in [5, 5.41) is 17.4. The predicted octanol–water partition coefficient (Wildman–Crippen LogP) is 3.83. The number of carbonyl (C=O) groups excluding carboxylic acids is 2. The molecule has 2 aromatic heterocycles. The fourth-order valence-corrected chi connectivity index (χ4v) is 4.83. The number of aromatic nitrogens is 3. The van der Waals surface area contributed by atoms with Crippen molar-refractivity contribution in [1.29, 1.82) is 5.41 Å². The first-order chi connectivity index (χ1) is 20.9. The quantitative estimate of drug-likeness (QED) is 0.218. The molecule has 1 saturated heterocycles. The first-order valence-corrected chi connectivity index (χ1v) is 14.0. The van der Waals surface area contributed by atoms with Gasteiger partial charge in [0, 0.05) is 74.3 Å². The molecule has 1 unspecified atom stereocenters. The molecule has 1 atom stereocenters. The van der Waals surface area contributed by atoms with Gasteiger partial charge >= 0.3 is 6.03 Å². The summed E-state index contributed by atoms with van der Waals surface area (Å²) in [4.78, 5) is 42.6. The van der Waals surface area contributed by atoms with Crippen molar-refractivity contribution in [3.8, 4) is 11.4 Å². The van der Waals surface area contributed by atoms with Gasteiger partial charge in [-0.15, -0.1) is 0 Å². The summed E-state index contributed by atoms with van der Waals surface area (Å²) >= 11 is 0. The summed E-state index contributed by atoms with van der Waals surface area (Å²) in [5.41, 5.74) is 3.56. The minimum Gasteiger partial charge on any atom is -0.378 e. The van der Waals surface area contributed by atoms with Gasteiger partial charge in [-0.1, -0.05) is 6.07 Å². The van der Waals surface area contributed by atoms with Crippen LogP contribution in [0.4, 0.5) is 22.1 Å². The Balaban J connectivity index is 1.37. The average Bonchev–Trinajstić information content (AvgIpc) is 3.03. The number of likely N-dealkylation sites (N-methyl/N-ethyl adjacent to an activating group) is 1. The number of nitrogens with zero attached hydrogens (tertiary/aromatic N) is 5. The number of fused-ring (bicyclic) bond motifs is 1. The topological polar surface area (TPSA) is 148 Å². The smallest absolute Gasteiger partial charge is 0.324 e. The molecule has 222 valence electrons. The molecule has 0 bridgehead atoms. The van der Waals surface area contributed by atoms with Gasteiger partial charge in [-0.2, -0.15) is 0 Å². The molecule has 0 spiro atoms.